The molecule has 138 valence electrons. The molecule has 9 nitrogen and oxygen atoms in total. The van der Waals surface area contributed by atoms with E-state index < -0.39 is 0 Å². The van der Waals surface area contributed by atoms with Gasteiger partial charge in [-0.2, -0.15) is 5.10 Å². The van der Waals surface area contributed by atoms with Crippen molar-refractivity contribution in [2.45, 2.75) is 25.3 Å². The summed E-state index contributed by atoms with van der Waals surface area (Å²) in [7, 11) is 0. The number of hydrogen-bond donors (Lipinski definition) is 3. The summed E-state index contributed by atoms with van der Waals surface area (Å²) in [5.41, 5.74) is 2.44. The van der Waals surface area contributed by atoms with E-state index in [0.29, 0.717) is 35.3 Å². The minimum absolute atomic E-state index is 0.0687. The molecule has 0 spiro atoms. The lowest BCUT2D eigenvalue weighted by molar-refractivity contribution is 0.102. The van der Waals surface area contributed by atoms with Gasteiger partial charge in [0.05, 0.1) is 43.1 Å². The van der Waals surface area contributed by atoms with Gasteiger partial charge in [-0.1, -0.05) is 0 Å². The van der Waals surface area contributed by atoms with Gasteiger partial charge in [0.2, 0.25) is 0 Å². The monoisotopic (exact) mass is 365 g/mol. The van der Waals surface area contributed by atoms with Gasteiger partial charge in [-0.15, -0.1) is 0 Å². The van der Waals surface area contributed by atoms with Crippen molar-refractivity contribution in [3.63, 3.8) is 0 Å². The molecule has 3 heterocycles. The Balaban J connectivity index is 1.63. The first-order valence-electron chi connectivity index (χ1n) is 8.71. The Bertz CT molecular complexity index is 938. The van der Waals surface area contributed by atoms with Gasteiger partial charge in [0.25, 0.3) is 5.91 Å². The van der Waals surface area contributed by atoms with E-state index in [9.17, 15) is 4.79 Å². The molecule has 9 heteroatoms. The number of aliphatic hydroxyl groups is 1. The van der Waals surface area contributed by atoms with E-state index in [-0.39, 0.29) is 12.5 Å². The van der Waals surface area contributed by atoms with Crippen LogP contribution in [-0.4, -0.2) is 42.4 Å². The minimum atomic E-state index is -0.350. The summed E-state index contributed by atoms with van der Waals surface area (Å²) >= 11 is 0. The Morgan fingerprint density at radius 2 is 2.04 bits per heavy atom. The number of pyridine rings is 1. The zero-order valence-electron chi connectivity index (χ0n) is 14.5. The largest absolute Gasteiger partial charge is 0.394 e. The van der Waals surface area contributed by atoms with Gasteiger partial charge < -0.3 is 15.7 Å². The van der Waals surface area contributed by atoms with Crippen molar-refractivity contribution in [3.8, 4) is 0 Å². The quantitative estimate of drug-likeness (QED) is 0.585. The SMILES string of the molecule is O=C(Nc1ccnn1CCO)c1nc(C2CC2)ccc1Nc1cncnc1. The summed E-state index contributed by atoms with van der Waals surface area (Å²) < 4.78 is 1.53. The molecule has 0 radical (unpaired) electrons. The van der Waals surface area contributed by atoms with Crippen LogP contribution in [0.4, 0.5) is 17.2 Å². The maximum Gasteiger partial charge on any atom is 0.277 e. The fourth-order valence-electron chi connectivity index (χ4n) is 2.76. The predicted molar refractivity (Wildman–Crippen MR) is 98.8 cm³/mol. The maximum absolute atomic E-state index is 12.9. The third-order valence-electron chi connectivity index (χ3n) is 4.24. The molecule has 3 aromatic rings. The minimum Gasteiger partial charge on any atom is -0.394 e. The number of nitrogens with one attached hydrogen (secondary N) is 2. The molecule has 0 aliphatic heterocycles. The van der Waals surface area contributed by atoms with Crippen LogP contribution in [0.1, 0.15) is 34.9 Å². The van der Waals surface area contributed by atoms with Crippen LogP contribution >= 0.6 is 0 Å². The molecular weight excluding hydrogens is 346 g/mol. The molecule has 0 aromatic carbocycles. The fourth-order valence-corrected chi connectivity index (χ4v) is 2.76. The van der Waals surface area contributed by atoms with E-state index in [0.717, 1.165) is 18.5 Å². The molecule has 0 atom stereocenters. The average molecular weight is 365 g/mol. The molecule has 1 aliphatic carbocycles. The number of aromatic nitrogens is 5. The number of rotatable bonds is 7. The van der Waals surface area contributed by atoms with Gasteiger partial charge in [0.15, 0.2) is 5.69 Å². The highest BCUT2D eigenvalue weighted by Crippen LogP contribution is 2.39. The van der Waals surface area contributed by atoms with Crippen LogP contribution in [0.25, 0.3) is 0 Å². The van der Waals surface area contributed by atoms with E-state index in [1.807, 2.05) is 12.1 Å². The van der Waals surface area contributed by atoms with Crippen LogP contribution in [-0.2, 0) is 6.54 Å². The molecule has 1 amide bonds. The van der Waals surface area contributed by atoms with E-state index in [4.69, 9.17) is 5.11 Å². The van der Waals surface area contributed by atoms with Gasteiger partial charge in [-0.05, 0) is 25.0 Å². The van der Waals surface area contributed by atoms with Crippen molar-refractivity contribution in [1.29, 1.82) is 0 Å². The zero-order chi connectivity index (χ0) is 18.6. The smallest absolute Gasteiger partial charge is 0.277 e. The number of aliphatic hydroxyl groups excluding tert-OH is 1. The summed E-state index contributed by atoms with van der Waals surface area (Å²) in [4.78, 5) is 25.5. The average Bonchev–Trinajstić information content (AvgIpc) is 3.45. The van der Waals surface area contributed by atoms with Crippen molar-refractivity contribution >= 4 is 23.1 Å². The standard InChI is InChI=1S/C18H19N7O2/c26-8-7-25-16(5-6-21-25)24-18(27)17-15(22-13-9-19-11-20-10-13)4-3-14(23-17)12-1-2-12/h3-6,9-12,22,26H,1-2,7-8H2,(H,24,27). The topological polar surface area (TPSA) is 118 Å². The number of amides is 1. The molecule has 0 saturated heterocycles. The van der Waals surface area contributed by atoms with Crippen molar-refractivity contribution in [1.82, 2.24) is 24.7 Å². The van der Waals surface area contributed by atoms with Gasteiger partial charge in [-0.25, -0.2) is 19.6 Å². The Morgan fingerprint density at radius 1 is 1.22 bits per heavy atom. The first-order valence-corrected chi connectivity index (χ1v) is 8.71. The molecule has 1 saturated carbocycles. The van der Waals surface area contributed by atoms with Gasteiger partial charge in [0, 0.05) is 17.7 Å². The van der Waals surface area contributed by atoms with Crippen molar-refractivity contribution < 1.29 is 9.90 Å². The van der Waals surface area contributed by atoms with Crippen molar-refractivity contribution in [2.75, 3.05) is 17.2 Å². The highest BCUT2D eigenvalue weighted by Gasteiger charge is 2.27. The summed E-state index contributed by atoms with van der Waals surface area (Å²) in [5.74, 6) is 0.573. The zero-order valence-corrected chi connectivity index (χ0v) is 14.5. The lowest BCUT2D eigenvalue weighted by Gasteiger charge is -2.13. The Labute approximate surface area is 155 Å². The molecule has 1 aliphatic rings. The molecule has 4 rings (SSSR count). The number of carbonyl (C=O) groups excluding carboxylic acids is 1. The maximum atomic E-state index is 12.9. The molecule has 1 fully saturated rings. The summed E-state index contributed by atoms with van der Waals surface area (Å²) in [5, 5.41) is 19.2. The summed E-state index contributed by atoms with van der Waals surface area (Å²) in [6.07, 6.45) is 8.45. The molecule has 3 aromatic heterocycles. The van der Waals surface area contributed by atoms with Gasteiger partial charge >= 0.3 is 0 Å². The first kappa shape index (κ1) is 17.1. The molecule has 27 heavy (non-hydrogen) atoms. The van der Waals surface area contributed by atoms with Crippen LogP contribution in [0.3, 0.4) is 0 Å². The van der Waals surface area contributed by atoms with Crippen LogP contribution in [0.2, 0.25) is 0 Å². The van der Waals surface area contributed by atoms with Crippen LogP contribution in [0.5, 0.6) is 0 Å². The fraction of sp³-hybridized carbons (Fsp3) is 0.278. The summed E-state index contributed by atoms with van der Waals surface area (Å²) in [6, 6.07) is 5.47. The normalized spacial score (nSPS) is 13.4. The van der Waals surface area contributed by atoms with Crippen molar-refractivity contribution in [3.05, 3.63) is 54.5 Å². The van der Waals surface area contributed by atoms with E-state index in [1.165, 1.54) is 11.0 Å². The predicted octanol–water partition coefficient (Wildman–Crippen LogP) is 1.93. The Morgan fingerprint density at radius 3 is 2.78 bits per heavy atom. The third-order valence-corrected chi connectivity index (χ3v) is 4.24. The Kier molecular flexibility index (Phi) is 4.75. The lowest BCUT2D eigenvalue weighted by atomic mass is 10.2. The molecule has 3 N–H and O–H groups in total. The molecule has 0 unspecified atom stereocenters. The third kappa shape index (κ3) is 3.93. The van der Waals surface area contributed by atoms with E-state index >= 15 is 0 Å². The van der Waals surface area contributed by atoms with Crippen LogP contribution in [0, 0.1) is 0 Å². The number of anilines is 3. The number of carbonyl (C=O) groups is 1. The second-order valence-corrected chi connectivity index (χ2v) is 6.28. The molecule has 0 bridgehead atoms. The number of hydrogen-bond acceptors (Lipinski definition) is 7. The highest BCUT2D eigenvalue weighted by molar-refractivity contribution is 6.06. The van der Waals surface area contributed by atoms with E-state index in [1.54, 1.807) is 24.7 Å². The Hall–Kier alpha value is -3.33. The first-order chi connectivity index (χ1) is 13.2. The van der Waals surface area contributed by atoms with Gasteiger partial charge in [-0.3, -0.25) is 4.79 Å². The van der Waals surface area contributed by atoms with Gasteiger partial charge in [0.1, 0.15) is 12.1 Å². The molecular formula is C18H19N7O2. The van der Waals surface area contributed by atoms with Crippen molar-refractivity contribution in [2.24, 2.45) is 0 Å². The second-order valence-electron chi connectivity index (χ2n) is 6.28. The second kappa shape index (κ2) is 7.50. The van der Waals surface area contributed by atoms with E-state index in [2.05, 4.69) is 30.7 Å². The summed E-state index contributed by atoms with van der Waals surface area (Å²) in [6.45, 7) is 0.228. The lowest BCUT2D eigenvalue weighted by Crippen LogP contribution is -2.19. The number of nitrogens with zero attached hydrogens (tertiary/aromatic N) is 5. The van der Waals surface area contributed by atoms with Crippen LogP contribution < -0.4 is 10.6 Å². The highest BCUT2D eigenvalue weighted by atomic mass is 16.3. The van der Waals surface area contributed by atoms with Crippen LogP contribution in [0.15, 0.2) is 43.1 Å².